The molecule has 7 heteroatoms. The zero-order valence-electron chi connectivity index (χ0n) is 12.8. The second-order valence-electron chi connectivity index (χ2n) is 4.98. The lowest BCUT2D eigenvalue weighted by atomic mass is 10.2. The molecule has 0 spiro atoms. The van der Waals surface area contributed by atoms with E-state index in [2.05, 4.69) is 15.1 Å². The normalized spacial score (nSPS) is 11.0. The maximum Gasteiger partial charge on any atom is 0.257 e. The molecule has 0 amide bonds. The van der Waals surface area contributed by atoms with Gasteiger partial charge in [-0.1, -0.05) is 29.1 Å². The average Bonchev–Trinajstić information content (AvgIpc) is 3.26. The summed E-state index contributed by atoms with van der Waals surface area (Å²) in [5, 5.41) is 4.59. The van der Waals surface area contributed by atoms with Crippen LogP contribution in [0.1, 0.15) is 5.89 Å². The second kappa shape index (κ2) is 6.37. The molecule has 0 aliphatic heterocycles. The van der Waals surface area contributed by atoms with Crippen LogP contribution in [0.4, 0.5) is 0 Å². The van der Waals surface area contributed by atoms with Crippen molar-refractivity contribution >= 4 is 22.9 Å². The maximum absolute atomic E-state index is 5.65. The summed E-state index contributed by atoms with van der Waals surface area (Å²) in [5.41, 5.74) is 2.48. The van der Waals surface area contributed by atoms with E-state index in [0.717, 1.165) is 22.4 Å². The highest BCUT2D eigenvalue weighted by Crippen LogP contribution is 2.26. The number of benzene rings is 2. The van der Waals surface area contributed by atoms with Crippen molar-refractivity contribution in [1.29, 1.82) is 0 Å². The highest BCUT2D eigenvalue weighted by molar-refractivity contribution is 7.98. The van der Waals surface area contributed by atoms with E-state index in [-0.39, 0.29) is 0 Å². The largest absolute Gasteiger partial charge is 0.497 e. The number of para-hydroxylation sites is 2. The molecule has 6 nitrogen and oxygen atoms in total. The number of rotatable bonds is 5. The molecule has 0 aliphatic carbocycles. The van der Waals surface area contributed by atoms with Crippen molar-refractivity contribution in [2.24, 2.45) is 0 Å². The average molecular weight is 339 g/mol. The van der Waals surface area contributed by atoms with Gasteiger partial charge in [-0.3, -0.25) is 0 Å². The van der Waals surface area contributed by atoms with E-state index in [0.29, 0.717) is 22.7 Å². The molecule has 120 valence electrons. The molecule has 0 radical (unpaired) electrons. The van der Waals surface area contributed by atoms with E-state index in [9.17, 15) is 0 Å². The fourth-order valence-corrected chi connectivity index (χ4v) is 2.88. The molecule has 2 aromatic carbocycles. The fourth-order valence-electron chi connectivity index (χ4n) is 2.21. The summed E-state index contributed by atoms with van der Waals surface area (Å²) in [5.74, 6) is 2.35. The number of oxazole rings is 1. The number of aromatic nitrogens is 3. The van der Waals surface area contributed by atoms with Gasteiger partial charge in [0.15, 0.2) is 5.58 Å². The highest BCUT2D eigenvalue weighted by Gasteiger charge is 2.12. The van der Waals surface area contributed by atoms with Crippen LogP contribution in [0.15, 0.2) is 62.7 Å². The van der Waals surface area contributed by atoms with Crippen LogP contribution in [0.25, 0.3) is 22.5 Å². The summed E-state index contributed by atoms with van der Waals surface area (Å²) >= 11 is 1.42. The van der Waals surface area contributed by atoms with Gasteiger partial charge >= 0.3 is 0 Å². The Bertz CT molecular complexity index is 930. The van der Waals surface area contributed by atoms with E-state index in [1.54, 1.807) is 7.11 Å². The Hall–Kier alpha value is -2.80. The van der Waals surface area contributed by atoms with Crippen molar-refractivity contribution in [3.63, 3.8) is 0 Å². The van der Waals surface area contributed by atoms with Gasteiger partial charge in [-0.2, -0.15) is 4.98 Å². The number of methoxy groups -OCH3 is 1. The zero-order chi connectivity index (χ0) is 16.4. The van der Waals surface area contributed by atoms with Crippen LogP contribution in [-0.2, 0) is 5.75 Å². The Labute approximate surface area is 141 Å². The summed E-state index contributed by atoms with van der Waals surface area (Å²) in [6.07, 6.45) is 0. The summed E-state index contributed by atoms with van der Waals surface area (Å²) in [7, 11) is 1.63. The molecule has 24 heavy (non-hydrogen) atoms. The summed E-state index contributed by atoms with van der Waals surface area (Å²) < 4.78 is 16.1. The van der Waals surface area contributed by atoms with Gasteiger partial charge in [-0.15, -0.1) is 0 Å². The molecular formula is C17H13N3O3S. The molecule has 0 saturated carbocycles. The number of hydrogen-bond acceptors (Lipinski definition) is 7. The molecular weight excluding hydrogens is 326 g/mol. The van der Waals surface area contributed by atoms with Gasteiger partial charge < -0.3 is 13.7 Å². The predicted molar refractivity (Wildman–Crippen MR) is 89.9 cm³/mol. The Kier molecular flexibility index (Phi) is 3.92. The minimum absolute atomic E-state index is 0.496. The van der Waals surface area contributed by atoms with Gasteiger partial charge in [-0.05, 0) is 36.4 Å². The fraction of sp³-hybridized carbons (Fsp3) is 0.118. The van der Waals surface area contributed by atoms with Crippen LogP contribution in [0.5, 0.6) is 5.75 Å². The van der Waals surface area contributed by atoms with Gasteiger partial charge in [0, 0.05) is 5.56 Å². The number of fused-ring (bicyclic) bond motifs is 1. The topological polar surface area (TPSA) is 74.2 Å². The van der Waals surface area contributed by atoms with Crippen molar-refractivity contribution in [1.82, 2.24) is 15.1 Å². The van der Waals surface area contributed by atoms with Crippen molar-refractivity contribution in [2.75, 3.05) is 7.11 Å². The standard InChI is InChI=1S/C17H13N3O3S/c1-21-12-8-6-11(7-9-12)16-19-15(23-20-16)10-24-17-18-13-4-2-3-5-14(13)22-17/h2-9H,10H2,1H3. The number of thioether (sulfide) groups is 1. The third-order valence-corrected chi connectivity index (χ3v) is 4.22. The van der Waals surface area contributed by atoms with Crippen molar-refractivity contribution in [3.8, 4) is 17.1 Å². The molecule has 0 unspecified atom stereocenters. The van der Waals surface area contributed by atoms with Crippen LogP contribution >= 0.6 is 11.8 Å². The molecule has 4 rings (SSSR count). The number of nitrogens with zero attached hydrogens (tertiary/aromatic N) is 3. The van der Waals surface area contributed by atoms with Crippen molar-refractivity contribution in [2.45, 2.75) is 11.0 Å². The van der Waals surface area contributed by atoms with Crippen LogP contribution in [-0.4, -0.2) is 22.2 Å². The van der Waals surface area contributed by atoms with Crippen LogP contribution in [0.2, 0.25) is 0 Å². The molecule has 0 bridgehead atoms. The maximum atomic E-state index is 5.65. The van der Waals surface area contributed by atoms with E-state index in [1.807, 2.05) is 48.5 Å². The third kappa shape index (κ3) is 2.98. The zero-order valence-corrected chi connectivity index (χ0v) is 13.6. The minimum Gasteiger partial charge on any atom is -0.497 e. The SMILES string of the molecule is COc1ccc(-c2noc(CSc3nc4ccccc4o3)n2)cc1. The first-order chi connectivity index (χ1) is 11.8. The molecule has 0 fully saturated rings. The first kappa shape index (κ1) is 14.8. The van der Waals surface area contributed by atoms with Gasteiger partial charge in [-0.25, -0.2) is 4.98 Å². The van der Waals surface area contributed by atoms with Gasteiger partial charge in [0.1, 0.15) is 11.3 Å². The monoisotopic (exact) mass is 339 g/mol. The predicted octanol–water partition coefficient (Wildman–Crippen LogP) is 4.18. The van der Waals surface area contributed by atoms with Crippen LogP contribution in [0.3, 0.4) is 0 Å². The lowest BCUT2D eigenvalue weighted by Crippen LogP contribution is -1.85. The molecule has 0 N–H and O–H groups in total. The first-order valence-corrected chi connectivity index (χ1v) is 8.26. The summed E-state index contributed by atoms with van der Waals surface area (Å²) in [6.45, 7) is 0. The van der Waals surface area contributed by atoms with Gasteiger partial charge in [0.25, 0.3) is 5.22 Å². The molecule has 0 aliphatic rings. The summed E-state index contributed by atoms with van der Waals surface area (Å²) in [4.78, 5) is 8.80. The molecule has 0 atom stereocenters. The van der Waals surface area contributed by atoms with E-state index in [1.165, 1.54) is 11.8 Å². The van der Waals surface area contributed by atoms with Crippen LogP contribution < -0.4 is 4.74 Å². The van der Waals surface area contributed by atoms with E-state index >= 15 is 0 Å². The Morgan fingerprint density at radius 3 is 2.67 bits per heavy atom. The Morgan fingerprint density at radius 1 is 1.04 bits per heavy atom. The minimum atomic E-state index is 0.496. The molecule has 2 aromatic heterocycles. The van der Waals surface area contributed by atoms with Crippen molar-refractivity contribution in [3.05, 3.63) is 54.4 Å². The number of ether oxygens (including phenoxy) is 1. The van der Waals surface area contributed by atoms with E-state index < -0.39 is 0 Å². The lowest BCUT2D eigenvalue weighted by molar-refractivity contribution is 0.391. The van der Waals surface area contributed by atoms with Gasteiger partial charge in [0.05, 0.1) is 12.9 Å². The highest BCUT2D eigenvalue weighted by atomic mass is 32.2. The lowest BCUT2D eigenvalue weighted by Gasteiger charge is -1.98. The Morgan fingerprint density at radius 2 is 1.88 bits per heavy atom. The van der Waals surface area contributed by atoms with Crippen molar-refractivity contribution < 1.29 is 13.7 Å². The quantitative estimate of drug-likeness (QED) is 0.505. The summed E-state index contributed by atoms with van der Waals surface area (Å²) in [6, 6.07) is 15.2. The van der Waals surface area contributed by atoms with E-state index in [4.69, 9.17) is 13.7 Å². The van der Waals surface area contributed by atoms with Crippen LogP contribution in [0, 0.1) is 0 Å². The Balaban J connectivity index is 1.46. The first-order valence-electron chi connectivity index (χ1n) is 7.27. The second-order valence-corrected chi connectivity index (χ2v) is 5.90. The van der Waals surface area contributed by atoms with Gasteiger partial charge in [0.2, 0.25) is 11.7 Å². The smallest absolute Gasteiger partial charge is 0.257 e. The molecule has 2 heterocycles. The molecule has 0 saturated heterocycles. The third-order valence-electron chi connectivity index (χ3n) is 3.41. The molecule has 4 aromatic rings. The number of hydrogen-bond donors (Lipinski definition) is 0.